The van der Waals surface area contributed by atoms with Crippen molar-refractivity contribution in [1.29, 1.82) is 0 Å². The van der Waals surface area contributed by atoms with Crippen LogP contribution in [0.3, 0.4) is 0 Å². The number of piperidine rings is 1. The number of hydrogen-bond donors (Lipinski definition) is 2. The summed E-state index contributed by atoms with van der Waals surface area (Å²) in [6, 6.07) is 1.59. The van der Waals surface area contributed by atoms with Gasteiger partial charge in [-0.05, 0) is 19.3 Å². The second-order valence-electron chi connectivity index (χ2n) is 4.12. The standard InChI is InChI=1S/C11H17N5O/c1-13-9-6-10(15-7-14-9)16-5-3-2-4-8(16)11(12)17/h6-8H,2-5H2,1H3,(H2,12,17)(H,13,14,15). The Kier molecular flexibility index (Phi) is 3.41. The van der Waals surface area contributed by atoms with E-state index in [9.17, 15) is 4.79 Å². The Morgan fingerprint density at radius 2 is 2.35 bits per heavy atom. The SMILES string of the molecule is CNc1cc(N2CCCCC2C(N)=O)ncn1. The quantitative estimate of drug-likeness (QED) is 0.790. The van der Waals surface area contributed by atoms with Gasteiger partial charge >= 0.3 is 0 Å². The summed E-state index contributed by atoms with van der Waals surface area (Å²) in [5.41, 5.74) is 5.43. The van der Waals surface area contributed by atoms with Crippen molar-refractivity contribution >= 4 is 17.5 Å². The van der Waals surface area contributed by atoms with Crippen molar-refractivity contribution in [2.45, 2.75) is 25.3 Å². The van der Waals surface area contributed by atoms with Gasteiger partial charge in [0.05, 0.1) is 0 Å². The number of amides is 1. The molecule has 1 atom stereocenters. The Bertz CT molecular complexity index is 409. The number of hydrogen-bond acceptors (Lipinski definition) is 5. The molecular formula is C11H17N5O. The van der Waals surface area contributed by atoms with Gasteiger partial charge in [-0.2, -0.15) is 0 Å². The lowest BCUT2D eigenvalue weighted by Gasteiger charge is -2.34. The van der Waals surface area contributed by atoms with Crippen molar-refractivity contribution in [3.8, 4) is 0 Å². The molecule has 17 heavy (non-hydrogen) atoms. The summed E-state index contributed by atoms with van der Waals surface area (Å²) in [5, 5.41) is 2.96. The highest BCUT2D eigenvalue weighted by atomic mass is 16.1. The van der Waals surface area contributed by atoms with Crippen molar-refractivity contribution in [2.24, 2.45) is 5.73 Å². The van der Waals surface area contributed by atoms with Crippen LogP contribution >= 0.6 is 0 Å². The maximum Gasteiger partial charge on any atom is 0.240 e. The molecule has 0 aliphatic carbocycles. The van der Waals surface area contributed by atoms with Crippen LogP contribution in [0.1, 0.15) is 19.3 Å². The third kappa shape index (κ3) is 2.46. The molecule has 0 spiro atoms. The van der Waals surface area contributed by atoms with E-state index in [4.69, 9.17) is 5.73 Å². The number of nitrogens with one attached hydrogen (secondary N) is 1. The topological polar surface area (TPSA) is 84.1 Å². The first-order valence-electron chi connectivity index (χ1n) is 5.78. The second-order valence-corrected chi connectivity index (χ2v) is 4.12. The predicted molar refractivity (Wildman–Crippen MR) is 65.8 cm³/mol. The summed E-state index contributed by atoms with van der Waals surface area (Å²) in [6.07, 6.45) is 4.39. The fourth-order valence-electron chi connectivity index (χ4n) is 2.14. The maximum absolute atomic E-state index is 11.4. The summed E-state index contributed by atoms with van der Waals surface area (Å²) in [7, 11) is 1.80. The van der Waals surface area contributed by atoms with Crippen molar-refractivity contribution in [3.05, 3.63) is 12.4 Å². The molecule has 0 radical (unpaired) electrons. The van der Waals surface area contributed by atoms with Gasteiger partial charge in [0.2, 0.25) is 5.91 Å². The maximum atomic E-state index is 11.4. The molecule has 0 aromatic carbocycles. The van der Waals surface area contributed by atoms with Crippen LogP contribution < -0.4 is 16.0 Å². The number of carbonyl (C=O) groups is 1. The van der Waals surface area contributed by atoms with Crippen molar-refractivity contribution in [1.82, 2.24) is 9.97 Å². The minimum atomic E-state index is -0.283. The second kappa shape index (κ2) is 4.99. The third-order valence-corrected chi connectivity index (χ3v) is 3.03. The van der Waals surface area contributed by atoms with Crippen molar-refractivity contribution < 1.29 is 4.79 Å². The summed E-state index contributed by atoms with van der Waals surface area (Å²) in [5.74, 6) is 1.21. The van der Waals surface area contributed by atoms with E-state index in [1.165, 1.54) is 6.33 Å². The molecule has 0 bridgehead atoms. The minimum Gasteiger partial charge on any atom is -0.373 e. The van der Waals surface area contributed by atoms with Gasteiger partial charge in [0.25, 0.3) is 0 Å². The normalized spacial score (nSPS) is 20.1. The van der Waals surface area contributed by atoms with Crippen LogP contribution in [-0.2, 0) is 4.79 Å². The molecular weight excluding hydrogens is 218 g/mol. The molecule has 6 heteroatoms. The summed E-state index contributed by atoms with van der Waals surface area (Å²) < 4.78 is 0. The minimum absolute atomic E-state index is 0.247. The largest absolute Gasteiger partial charge is 0.373 e. The highest BCUT2D eigenvalue weighted by Crippen LogP contribution is 2.23. The Balaban J connectivity index is 2.26. The summed E-state index contributed by atoms with van der Waals surface area (Å²) >= 11 is 0. The van der Waals surface area contributed by atoms with Gasteiger partial charge in [0, 0.05) is 19.7 Å². The molecule has 1 aromatic rings. The molecule has 1 saturated heterocycles. The Labute approximate surface area is 100 Å². The summed E-state index contributed by atoms with van der Waals surface area (Å²) in [4.78, 5) is 21.6. The van der Waals surface area contributed by atoms with E-state index < -0.39 is 0 Å². The van der Waals surface area contributed by atoms with Crippen LogP contribution in [0.15, 0.2) is 12.4 Å². The molecule has 2 rings (SSSR count). The first-order chi connectivity index (χ1) is 8.22. The van der Waals surface area contributed by atoms with Crippen LogP contribution in [0.25, 0.3) is 0 Å². The van der Waals surface area contributed by atoms with Gasteiger partial charge in [-0.3, -0.25) is 4.79 Å². The number of anilines is 2. The molecule has 1 aliphatic heterocycles. The number of nitrogens with two attached hydrogens (primary N) is 1. The third-order valence-electron chi connectivity index (χ3n) is 3.03. The molecule has 6 nitrogen and oxygen atoms in total. The van der Waals surface area contributed by atoms with E-state index in [-0.39, 0.29) is 11.9 Å². The summed E-state index contributed by atoms with van der Waals surface area (Å²) in [6.45, 7) is 0.813. The van der Waals surface area contributed by atoms with E-state index in [1.54, 1.807) is 7.05 Å². The van der Waals surface area contributed by atoms with E-state index in [2.05, 4.69) is 15.3 Å². The highest BCUT2D eigenvalue weighted by Gasteiger charge is 2.27. The Morgan fingerprint density at radius 1 is 1.53 bits per heavy atom. The van der Waals surface area contributed by atoms with Gasteiger partial charge < -0.3 is 16.0 Å². The fraction of sp³-hybridized carbons (Fsp3) is 0.545. The monoisotopic (exact) mass is 235 g/mol. The van der Waals surface area contributed by atoms with Gasteiger partial charge in [-0.1, -0.05) is 0 Å². The number of rotatable bonds is 3. The molecule has 1 aliphatic rings. The average Bonchev–Trinajstić information content (AvgIpc) is 2.39. The molecule has 1 amide bonds. The molecule has 1 aromatic heterocycles. The molecule has 1 unspecified atom stereocenters. The molecule has 3 N–H and O–H groups in total. The van der Waals surface area contributed by atoms with Crippen molar-refractivity contribution in [2.75, 3.05) is 23.8 Å². The number of nitrogens with zero attached hydrogens (tertiary/aromatic N) is 3. The Morgan fingerprint density at radius 3 is 3.06 bits per heavy atom. The van der Waals surface area contributed by atoms with Gasteiger partial charge in [-0.15, -0.1) is 0 Å². The highest BCUT2D eigenvalue weighted by molar-refractivity contribution is 5.83. The zero-order valence-corrected chi connectivity index (χ0v) is 9.89. The molecule has 92 valence electrons. The van der Waals surface area contributed by atoms with Gasteiger partial charge in [0.1, 0.15) is 24.0 Å². The smallest absolute Gasteiger partial charge is 0.240 e. The van der Waals surface area contributed by atoms with E-state index in [1.807, 2.05) is 11.0 Å². The average molecular weight is 235 g/mol. The van der Waals surface area contributed by atoms with Crippen LogP contribution in [0.5, 0.6) is 0 Å². The van der Waals surface area contributed by atoms with Gasteiger partial charge in [-0.25, -0.2) is 9.97 Å². The zero-order chi connectivity index (χ0) is 12.3. The first-order valence-corrected chi connectivity index (χ1v) is 5.78. The lowest BCUT2D eigenvalue weighted by atomic mass is 10.0. The lowest BCUT2D eigenvalue weighted by Crippen LogP contribution is -2.48. The molecule has 1 fully saturated rings. The van der Waals surface area contributed by atoms with Crippen LogP contribution in [0.2, 0.25) is 0 Å². The zero-order valence-electron chi connectivity index (χ0n) is 9.89. The van der Waals surface area contributed by atoms with Gasteiger partial charge in [0.15, 0.2) is 0 Å². The number of primary amides is 1. The Hall–Kier alpha value is -1.85. The van der Waals surface area contributed by atoms with E-state index in [0.717, 1.165) is 37.4 Å². The molecule has 0 saturated carbocycles. The number of carbonyl (C=O) groups excluding carboxylic acids is 1. The number of aromatic nitrogens is 2. The lowest BCUT2D eigenvalue weighted by molar-refractivity contribution is -0.119. The predicted octanol–water partition coefficient (Wildman–Crippen LogP) is 0.362. The van der Waals surface area contributed by atoms with Crippen LogP contribution in [0.4, 0.5) is 11.6 Å². The van der Waals surface area contributed by atoms with Crippen LogP contribution in [-0.4, -0.2) is 35.5 Å². The first kappa shape index (κ1) is 11.6. The van der Waals surface area contributed by atoms with Crippen molar-refractivity contribution in [3.63, 3.8) is 0 Å². The van der Waals surface area contributed by atoms with E-state index in [0.29, 0.717) is 0 Å². The molecule has 2 heterocycles. The van der Waals surface area contributed by atoms with E-state index >= 15 is 0 Å². The van der Waals surface area contributed by atoms with Crippen LogP contribution in [0, 0.1) is 0 Å². The fourth-order valence-corrected chi connectivity index (χ4v) is 2.14.